The molecule has 3 rings (SSSR count). The first-order valence-electron chi connectivity index (χ1n) is 6.10. The quantitative estimate of drug-likeness (QED) is 0.902. The summed E-state index contributed by atoms with van der Waals surface area (Å²) in [6.45, 7) is 0. The maximum absolute atomic E-state index is 9.95. The summed E-state index contributed by atoms with van der Waals surface area (Å²) in [5, 5.41) is 10.9. The molecule has 1 N–H and O–H groups in total. The highest BCUT2D eigenvalue weighted by molar-refractivity contribution is 7.15. The molecule has 0 aliphatic heterocycles. The molecule has 0 saturated carbocycles. The lowest BCUT2D eigenvalue weighted by Crippen LogP contribution is -2.06. The molecule has 18 heavy (non-hydrogen) atoms. The number of thiazole rings is 1. The van der Waals surface area contributed by atoms with Gasteiger partial charge in [0.1, 0.15) is 10.8 Å². The molecule has 0 bridgehead atoms. The molecule has 1 atom stereocenters. The number of hydrogen-bond acceptors (Lipinski definition) is 4. The van der Waals surface area contributed by atoms with Crippen molar-refractivity contribution in [1.82, 2.24) is 4.98 Å². The van der Waals surface area contributed by atoms with Crippen LogP contribution in [0.1, 0.15) is 29.5 Å². The lowest BCUT2D eigenvalue weighted by Gasteiger charge is -2.14. The second-order valence-electron chi connectivity index (χ2n) is 4.47. The Balaban J connectivity index is 1.96. The molecule has 0 radical (unpaired) electrons. The van der Waals surface area contributed by atoms with Crippen molar-refractivity contribution in [2.24, 2.45) is 0 Å². The van der Waals surface area contributed by atoms with Crippen LogP contribution in [0.25, 0.3) is 10.6 Å². The van der Waals surface area contributed by atoms with Gasteiger partial charge < -0.3 is 9.84 Å². The molecule has 0 amide bonds. The Hall–Kier alpha value is -1.39. The third kappa shape index (κ3) is 2.02. The van der Waals surface area contributed by atoms with Crippen LogP contribution in [0.4, 0.5) is 0 Å². The van der Waals surface area contributed by atoms with Crippen molar-refractivity contribution in [3.05, 3.63) is 34.8 Å². The van der Waals surface area contributed by atoms with Gasteiger partial charge in [0.25, 0.3) is 0 Å². The number of aryl methyl sites for hydroxylation is 1. The molecule has 0 saturated heterocycles. The first-order valence-corrected chi connectivity index (χ1v) is 6.91. The summed E-state index contributed by atoms with van der Waals surface area (Å²) in [6, 6.07) is 7.89. The second kappa shape index (κ2) is 4.71. The number of hydrogen-bond donors (Lipinski definition) is 1. The van der Waals surface area contributed by atoms with Crippen molar-refractivity contribution in [3.8, 4) is 16.3 Å². The van der Waals surface area contributed by atoms with E-state index in [1.54, 1.807) is 18.4 Å². The lowest BCUT2D eigenvalue weighted by atomic mass is 10.0. The van der Waals surface area contributed by atoms with Crippen molar-refractivity contribution < 1.29 is 9.84 Å². The molecular weight excluding hydrogens is 246 g/mol. The number of ether oxygens (including phenoxy) is 1. The number of aliphatic hydroxyl groups is 1. The monoisotopic (exact) mass is 261 g/mol. The average Bonchev–Trinajstić information content (AvgIpc) is 2.84. The Morgan fingerprint density at radius 2 is 2.11 bits per heavy atom. The number of nitrogens with zero attached hydrogens (tertiary/aromatic N) is 1. The van der Waals surface area contributed by atoms with Crippen LogP contribution in [-0.2, 0) is 6.42 Å². The summed E-state index contributed by atoms with van der Waals surface area (Å²) in [7, 11) is 1.66. The number of rotatable bonds is 2. The van der Waals surface area contributed by atoms with Crippen LogP contribution in [-0.4, -0.2) is 17.2 Å². The predicted octanol–water partition coefficient (Wildman–Crippen LogP) is 3.19. The molecule has 1 aliphatic carbocycles. The first kappa shape index (κ1) is 11.7. The Labute approximate surface area is 110 Å². The average molecular weight is 261 g/mol. The van der Waals surface area contributed by atoms with Gasteiger partial charge in [-0.1, -0.05) is 0 Å². The fraction of sp³-hybridized carbons (Fsp3) is 0.357. The van der Waals surface area contributed by atoms with Crippen LogP contribution in [0.3, 0.4) is 0 Å². The maximum atomic E-state index is 9.95. The fourth-order valence-corrected chi connectivity index (χ4v) is 3.39. The molecule has 0 fully saturated rings. The van der Waals surface area contributed by atoms with Crippen LogP contribution in [0.2, 0.25) is 0 Å². The van der Waals surface area contributed by atoms with E-state index in [4.69, 9.17) is 4.74 Å². The van der Waals surface area contributed by atoms with E-state index in [1.165, 1.54) is 0 Å². The zero-order valence-electron chi connectivity index (χ0n) is 10.2. The number of fused-ring (bicyclic) bond motifs is 1. The van der Waals surface area contributed by atoms with E-state index < -0.39 is 0 Å². The van der Waals surface area contributed by atoms with Crippen molar-refractivity contribution in [2.45, 2.75) is 25.4 Å². The van der Waals surface area contributed by atoms with Gasteiger partial charge in [-0.15, -0.1) is 11.3 Å². The molecule has 1 heterocycles. The van der Waals surface area contributed by atoms with Crippen LogP contribution in [0, 0.1) is 0 Å². The fourth-order valence-electron chi connectivity index (χ4n) is 2.25. The van der Waals surface area contributed by atoms with Crippen LogP contribution in [0.15, 0.2) is 24.3 Å². The van der Waals surface area contributed by atoms with E-state index in [2.05, 4.69) is 4.98 Å². The summed E-state index contributed by atoms with van der Waals surface area (Å²) >= 11 is 1.61. The van der Waals surface area contributed by atoms with E-state index in [-0.39, 0.29) is 6.10 Å². The van der Waals surface area contributed by atoms with E-state index in [0.717, 1.165) is 46.2 Å². The van der Waals surface area contributed by atoms with Crippen molar-refractivity contribution in [1.29, 1.82) is 0 Å². The van der Waals surface area contributed by atoms with Gasteiger partial charge in [-0.3, -0.25) is 0 Å². The van der Waals surface area contributed by atoms with Crippen molar-refractivity contribution in [2.75, 3.05) is 7.11 Å². The topological polar surface area (TPSA) is 42.4 Å². The van der Waals surface area contributed by atoms with Gasteiger partial charge in [-0.05, 0) is 43.5 Å². The molecule has 4 heteroatoms. The minimum absolute atomic E-state index is 0.321. The Bertz CT molecular complexity index is 547. The number of methoxy groups -OCH3 is 1. The molecule has 1 aromatic heterocycles. The van der Waals surface area contributed by atoms with E-state index in [9.17, 15) is 5.11 Å². The minimum Gasteiger partial charge on any atom is -0.497 e. The predicted molar refractivity (Wildman–Crippen MR) is 72.0 cm³/mol. The summed E-state index contributed by atoms with van der Waals surface area (Å²) in [4.78, 5) is 5.69. The van der Waals surface area contributed by atoms with Crippen molar-refractivity contribution >= 4 is 11.3 Å². The van der Waals surface area contributed by atoms with E-state index in [0.29, 0.717) is 0 Å². The smallest absolute Gasteiger partial charge is 0.123 e. The van der Waals surface area contributed by atoms with Gasteiger partial charge in [0, 0.05) is 5.56 Å². The molecule has 1 aromatic carbocycles. The Morgan fingerprint density at radius 1 is 1.33 bits per heavy atom. The number of benzene rings is 1. The SMILES string of the molecule is COc1ccc(-c2nc3c(s2)C(O)CCC3)cc1. The normalized spacial score (nSPS) is 18.4. The van der Waals surface area contributed by atoms with E-state index in [1.807, 2.05) is 24.3 Å². The number of aliphatic hydroxyl groups excluding tert-OH is 1. The summed E-state index contributed by atoms with van der Waals surface area (Å²) in [6.07, 6.45) is 2.55. The third-order valence-corrected chi connectivity index (χ3v) is 4.51. The highest BCUT2D eigenvalue weighted by Gasteiger charge is 2.22. The Morgan fingerprint density at radius 3 is 2.78 bits per heavy atom. The Kier molecular flexibility index (Phi) is 3.06. The van der Waals surface area contributed by atoms with Gasteiger partial charge >= 0.3 is 0 Å². The van der Waals surface area contributed by atoms with Gasteiger partial charge in [0.2, 0.25) is 0 Å². The first-order chi connectivity index (χ1) is 8.78. The third-order valence-electron chi connectivity index (χ3n) is 3.26. The molecule has 3 nitrogen and oxygen atoms in total. The molecule has 0 spiro atoms. The highest BCUT2D eigenvalue weighted by atomic mass is 32.1. The zero-order valence-corrected chi connectivity index (χ0v) is 11.0. The van der Waals surface area contributed by atoms with Gasteiger partial charge in [-0.25, -0.2) is 4.98 Å². The summed E-state index contributed by atoms with van der Waals surface area (Å²) in [5.41, 5.74) is 2.16. The lowest BCUT2D eigenvalue weighted by molar-refractivity contribution is 0.160. The van der Waals surface area contributed by atoms with Crippen molar-refractivity contribution in [3.63, 3.8) is 0 Å². The molecule has 1 aliphatic rings. The highest BCUT2D eigenvalue weighted by Crippen LogP contribution is 2.37. The standard InChI is InChI=1S/C14H15NO2S/c1-17-10-7-5-9(6-8-10)14-15-11-3-2-4-12(16)13(11)18-14/h5-8,12,16H,2-4H2,1H3. The van der Waals surface area contributed by atoms with Crippen LogP contribution >= 0.6 is 11.3 Å². The molecular formula is C14H15NO2S. The van der Waals surface area contributed by atoms with Gasteiger partial charge in [0.15, 0.2) is 0 Å². The molecule has 2 aromatic rings. The largest absolute Gasteiger partial charge is 0.497 e. The number of aromatic nitrogens is 1. The summed E-state index contributed by atoms with van der Waals surface area (Å²) in [5.74, 6) is 0.847. The van der Waals surface area contributed by atoms with Gasteiger partial charge in [-0.2, -0.15) is 0 Å². The van der Waals surface area contributed by atoms with Crippen LogP contribution < -0.4 is 4.74 Å². The maximum Gasteiger partial charge on any atom is 0.123 e. The second-order valence-corrected chi connectivity index (χ2v) is 5.50. The van der Waals surface area contributed by atoms with Gasteiger partial charge in [0.05, 0.1) is 23.8 Å². The minimum atomic E-state index is -0.321. The molecule has 1 unspecified atom stereocenters. The van der Waals surface area contributed by atoms with E-state index >= 15 is 0 Å². The van der Waals surface area contributed by atoms with Crippen LogP contribution in [0.5, 0.6) is 5.75 Å². The summed E-state index contributed by atoms with van der Waals surface area (Å²) < 4.78 is 5.15. The molecule has 94 valence electrons. The zero-order chi connectivity index (χ0) is 12.5.